The Morgan fingerprint density at radius 2 is 1.57 bits per heavy atom. The van der Waals surface area contributed by atoms with E-state index in [9.17, 15) is 4.79 Å². The summed E-state index contributed by atoms with van der Waals surface area (Å²) in [5.74, 6) is 0.716. The molecule has 0 saturated heterocycles. The molecule has 4 aromatic rings. The zero-order valence-electron chi connectivity index (χ0n) is 15.3. The van der Waals surface area contributed by atoms with E-state index in [1.165, 1.54) is 0 Å². The van der Waals surface area contributed by atoms with Gasteiger partial charge in [0, 0.05) is 17.3 Å². The number of nitrogens with zero attached hydrogens (tertiary/aromatic N) is 2. The average molecular weight is 362 g/mol. The van der Waals surface area contributed by atoms with Crippen molar-refractivity contribution in [3.05, 3.63) is 101 Å². The molecule has 28 heavy (non-hydrogen) atoms. The Morgan fingerprint density at radius 1 is 0.786 bits per heavy atom. The quantitative estimate of drug-likeness (QED) is 0.442. The molecule has 5 rings (SSSR count). The summed E-state index contributed by atoms with van der Waals surface area (Å²) >= 11 is 0. The molecular weight excluding hydrogens is 344 g/mol. The van der Waals surface area contributed by atoms with E-state index in [2.05, 4.69) is 23.2 Å². The molecule has 0 amide bonds. The van der Waals surface area contributed by atoms with Crippen molar-refractivity contribution in [1.82, 2.24) is 9.97 Å². The Bertz CT molecular complexity index is 1220. The molecule has 0 bridgehead atoms. The Balaban J connectivity index is 1.54. The first-order valence-electron chi connectivity index (χ1n) is 9.44. The standard InChI is InChI=1S/C25H18N2O/c28-24-19(15-17-7-2-1-3-8-17)13-14-23-22(24)16-26-25(27-23)21-12-6-10-18-9-4-5-11-20(18)21/h1-12,15-16H,13-14H2. The lowest BCUT2D eigenvalue weighted by atomic mass is 9.89. The van der Waals surface area contributed by atoms with Crippen LogP contribution in [0.15, 0.2) is 84.6 Å². The molecule has 1 aliphatic rings. The van der Waals surface area contributed by atoms with Gasteiger partial charge in [0.1, 0.15) is 0 Å². The van der Waals surface area contributed by atoms with Crippen LogP contribution in [-0.2, 0) is 6.42 Å². The summed E-state index contributed by atoms with van der Waals surface area (Å²) in [5.41, 5.74) is 4.33. The number of benzene rings is 3. The zero-order valence-corrected chi connectivity index (χ0v) is 15.3. The number of carbonyl (C=O) groups is 1. The average Bonchev–Trinajstić information content (AvgIpc) is 2.76. The summed E-state index contributed by atoms with van der Waals surface area (Å²) in [5, 5.41) is 2.28. The summed E-state index contributed by atoms with van der Waals surface area (Å²) < 4.78 is 0. The molecule has 1 heterocycles. The van der Waals surface area contributed by atoms with Crippen LogP contribution >= 0.6 is 0 Å². The van der Waals surface area contributed by atoms with Gasteiger partial charge in [-0.25, -0.2) is 9.97 Å². The number of Topliss-reactive ketones (excluding diaryl/α,β-unsaturated/α-hetero) is 1. The monoisotopic (exact) mass is 362 g/mol. The van der Waals surface area contributed by atoms with Crippen LogP contribution < -0.4 is 0 Å². The van der Waals surface area contributed by atoms with Crippen LogP contribution in [0.1, 0.15) is 28.0 Å². The van der Waals surface area contributed by atoms with Crippen molar-refractivity contribution in [3.63, 3.8) is 0 Å². The number of hydrogen-bond donors (Lipinski definition) is 0. The molecule has 0 aliphatic heterocycles. The minimum absolute atomic E-state index is 0.0366. The van der Waals surface area contributed by atoms with Crippen molar-refractivity contribution >= 4 is 22.6 Å². The van der Waals surface area contributed by atoms with E-state index in [0.29, 0.717) is 17.8 Å². The number of fused-ring (bicyclic) bond motifs is 2. The van der Waals surface area contributed by atoms with Crippen molar-refractivity contribution < 1.29 is 4.79 Å². The minimum Gasteiger partial charge on any atom is -0.289 e. The van der Waals surface area contributed by atoms with Crippen molar-refractivity contribution in [1.29, 1.82) is 0 Å². The van der Waals surface area contributed by atoms with E-state index in [0.717, 1.165) is 39.6 Å². The van der Waals surface area contributed by atoms with Gasteiger partial charge in [0.25, 0.3) is 0 Å². The lowest BCUT2D eigenvalue weighted by Gasteiger charge is -2.17. The van der Waals surface area contributed by atoms with Gasteiger partial charge in [-0.15, -0.1) is 0 Å². The first kappa shape index (κ1) is 16.6. The summed E-state index contributed by atoms with van der Waals surface area (Å²) in [7, 11) is 0. The number of rotatable bonds is 2. The predicted octanol–water partition coefficient (Wildman–Crippen LogP) is 5.51. The fourth-order valence-corrected chi connectivity index (χ4v) is 3.78. The van der Waals surface area contributed by atoms with E-state index >= 15 is 0 Å². The van der Waals surface area contributed by atoms with Gasteiger partial charge < -0.3 is 0 Å². The molecule has 1 aliphatic carbocycles. The van der Waals surface area contributed by atoms with Crippen molar-refractivity contribution in [2.45, 2.75) is 12.8 Å². The van der Waals surface area contributed by atoms with E-state index < -0.39 is 0 Å². The van der Waals surface area contributed by atoms with Gasteiger partial charge in [0.2, 0.25) is 0 Å². The lowest BCUT2D eigenvalue weighted by molar-refractivity contribution is 0.102. The first-order chi connectivity index (χ1) is 13.8. The molecule has 0 saturated carbocycles. The number of ketones is 1. The van der Waals surface area contributed by atoms with Crippen LogP contribution in [0.5, 0.6) is 0 Å². The van der Waals surface area contributed by atoms with Gasteiger partial charge >= 0.3 is 0 Å². The Labute approximate surface area is 163 Å². The summed E-state index contributed by atoms with van der Waals surface area (Å²) in [6, 6.07) is 24.3. The maximum absolute atomic E-state index is 12.9. The van der Waals surface area contributed by atoms with E-state index in [1.807, 2.05) is 60.7 Å². The smallest absolute Gasteiger partial charge is 0.192 e. The minimum atomic E-state index is 0.0366. The molecule has 0 fully saturated rings. The first-order valence-corrected chi connectivity index (χ1v) is 9.44. The van der Waals surface area contributed by atoms with Gasteiger partial charge in [0.05, 0.1) is 11.3 Å². The number of carbonyl (C=O) groups excluding carboxylic acids is 1. The molecule has 0 radical (unpaired) electrons. The fraction of sp³-hybridized carbons (Fsp3) is 0.0800. The molecule has 1 aromatic heterocycles. The molecule has 3 aromatic carbocycles. The summed E-state index contributed by atoms with van der Waals surface area (Å²) in [6.45, 7) is 0. The highest BCUT2D eigenvalue weighted by atomic mass is 16.1. The van der Waals surface area contributed by atoms with Crippen LogP contribution in [0.25, 0.3) is 28.2 Å². The van der Waals surface area contributed by atoms with Gasteiger partial charge in [-0.05, 0) is 35.3 Å². The summed E-state index contributed by atoms with van der Waals surface area (Å²) in [6.07, 6.45) is 5.12. The van der Waals surface area contributed by atoms with Crippen LogP contribution in [-0.4, -0.2) is 15.8 Å². The highest BCUT2D eigenvalue weighted by Gasteiger charge is 2.24. The largest absolute Gasteiger partial charge is 0.289 e. The summed E-state index contributed by atoms with van der Waals surface area (Å²) in [4.78, 5) is 22.2. The Morgan fingerprint density at radius 3 is 2.46 bits per heavy atom. The van der Waals surface area contributed by atoms with Crippen LogP contribution in [0.4, 0.5) is 0 Å². The molecule has 3 heteroatoms. The number of allylic oxidation sites excluding steroid dienone is 1. The van der Waals surface area contributed by atoms with Crippen molar-refractivity contribution in [2.75, 3.05) is 0 Å². The predicted molar refractivity (Wildman–Crippen MR) is 112 cm³/mol. The molecular formula is C25H18N2O. The number of aromatic nitrogens is 2. The second-order valence-corrected chi connectivity index (χ2v) is 6.99. The highest BCUT2D eigenvalue weighted by Crippen LogP contribution is 2.30. The SMILES string of the molecule is O=C1C(=Cc2ccccc2)CCc2nc(-c3cccc4ccccc34)ncc21. The molecule has 3 nitrogen and oxygen atoms in total. The van der Waals surface area contributed by atoms with Crippen molar-refractivity contribution in [2.24, 2.45) is 0 Å². The number of aryl methyl sites for hydroxylation is 1. The topological polar surface area (TPSA) is 42.9 Å². The highest BCUT2D eigenvalue weighted by molar-refractivity contribution is 6.12. The van der Waals surface area contributed by atoms with E-state index in [4.69, 9.17) is 4.98 Å². The Kier molecular flexibility index (Phi) is 4.06. The van der Waals surface area contributed by atoms with Crippen LogP contribution in [0, 0.1) is 0 Å². The third kappa shape index (κ3) is 2.91. The lowest BCUT2D eigenvalue weighted by Crippen LogP contribution is -2.16. The molecule has 0 N–H and O–H groups in total. The fourth-order valence-electron chi connectivity index (χ4n) is 3.78. The normalized spacial score (nSPS) is 15.0. The van der Waals surface area contributed by atoms with Crippen LogP contribution in [0.2, 0.25) is 0 Å². The van der Waals surface area contributed by atoms with Gasteiger partial charge in [-0.1, -0.05) is 72.8 Å². The van der Waals surface area contributed by atoms with Gasteiger partial charge in [-0.2, -0.15) is 0 Å². The molecule has 0 atom stereocenters. The Hall–Kier alpha value is -3.59. The maximum Gasteiger partial charge on any atom is 0.192 e. The van der Waals surface area contributed by atoms with Crippen LogP contribution in [0.3, 0.4) is 0 Å². The van der Waals surface area contributed by atoms with Gasteiger partial charge in [-0.3, -0.25) is 4.79 Å². The van der Waals surface area contributed by atoms with Crippen molar-refractivity contribution in [3.8, 4) is 11.4 Å². The number of hydrogen-bond acceptors (Lipinski definition) is 3. The third-order valence-corrected chi connectivity index (χ3v) is 5.21. The van der Waals surface area contributed by atoms with E-state index in [-0.39, 0.29) is 5.78 Å². The third-order valence-electron chi connectivity index (χ3n) is 5.21. The van der Waals surface area contributed by atoms with Gasteiger partial charge in [0.15, 0.2) is 11.6 Å². The molecule has 134 valence electrons. The second kappa shape index (κ2) is 6.86. The zero-order chi connectivity index (χ0) is 18.9. The second-order valence-electron chi connectivity index (χ2n) is 6.99. The maximum atomic E-state index is 12.9. The molecule has 0 unspecified atom stereocenters. The molecule has 0 spiro atoms. The van der Waals surface area contributed by atoms with E-state index in [1.54, 1.807) is 6.20 Å².